The lowest BCUT2D eigenvalue weighted by Crippen LogP contribution is -2.38. The SMILES string of the molecule is Cc1noc(C)c1S(=O)(=O)NC1CCc2nc(N)sc2C1. The number of nitrogens with zero attached hydrogens (tertiary/aromatic N) is 2. The maximum atomic E-state index is 12.5. The number of aromatic nitrogens is 2. The summed E-state index contributed by atoms with van der Waals surface area (Å²) in [5.41, 5.74) is 7.06. The maximum absolute atomic E-state index is 12.5. The summed E-state index contributed by atoms with van der Waals surface area (Å²) in [5.74, 6) is 0.304. The van der Waals surface area contributed by atoms with Gasteiger partial charge in [0.2, 0.25) is 10.0 Å². The van der Waals surface area contributed by atoms with Crippen LogP contribution in [0.15, 0.2) is 9.42 Å². The second-order valence-corrected chi connectivity index (χ2v) is 7.90. The normalized spacial score (nSPS) is 18.7. The number of nitrogens with two attached hydrogens (primary N) is 1. The van der Waals surface area contributed by atoms with E-state index in [4.69, 9.17) is 10.3 Å². The molecule has 0 aromatic carbocycles. The lowest BCUT2D eigenvalue weighted by atomic mass is 9.99. The molecule has 9 heteroatoms. The average Bonchev–Trinajstić information content (AvgIpc) is 2.90. The molecule has 0 saturated carbocycles. The van der Waals surface area contributed by atoms with E-state index in [9.17, 15) is 8.42 Å². The zero-order valence-corrected chi connectivity index (χ0v) is 13.3. The van der Waals surface area contributed by atoms with Gasteiger partial charge in [-0.1, -0.05) is 5.16 Å². The monoisotopic (exact) mass is 328 g/mol. The van der Waals surface area contributed by atoms with Gasteiger partial charge in [0, 0.05) is 17.3 Å². The third-order valence-electron chi connectivity index (χ3n) is 3.51. The Labute approximate surface area is 126 Å². The van der Waals surface area contributed by atoms with Gasteiger partial charge in [0.25, 0.3) is 0 Å². The smallest absolute Gasteiger partial charge is 0.246 e. The van der Waals surface area contributed by atoms with Crippen molar-refractivity contribution < 1.29 is 12.9 Å². The summed E-state index contributed by atoms with van der Waals surface area (Å²) in [6.07, 6.45) is 2.06. The summed E-state index contributed by atoms with van der Waals surface area (Å²) in [4.78, 5) is 5.45. The Hall–Kier alpha value is -1.45. The Morgan fingerprint density at radius 2 is 2.19 bits per heavy atom. The number of nitrogen functional groups attached to an aromatic ring is 1. The fourth-order valence-corrected chi connectivity index (χ4v) is 5.19. The lowest BCUT2D eigenvalue weighted by Gasteiger charge is -2.22. The van der Waals surface area contributed by atoms with Crippen LogP contribution in [0.25, 0.3) is 0 Å². The quantitative estimate of drug-likeness (QED) is 0.875. The summed E-state index contributed by atoms with van der Waals surface area (Å²) >= 11 is 1.42. The maximum Gasteiger partial charge on any atom is 0.246 e. The number of sulfonamides is 1. The van der Waals surface area contributed by atoms with E-state index in [1.54, 1.807) is 13.8 Å². The van der Waals surface area contributed by atoms with Gasteiger partial charge >= 0.3 is 0 Å². The van der Waals surface area contributed by atoms with Crippen LogP contribution in [0.4, 0.5) is 5.13 Å². The molecular formula is C12H16N4O3S2. The van der Waals surface area contributed by atoms with Crippen LogP contribution in [0.3, 0.4) is 0 Å². The number of anilines is 1. The number of rotatable bonds is 3. The van der Waals surface area contributed by atoms with Crippen LogP contribution in [-0.2, 0) is 22.9 Å². The molecule has 1 aliphatic rings. The molecule has 21 heavy (non-hydrogen) atoms. The first kappa shape index (κ1) is 14.5. The number of aryl methyl sites for hydroxylation is 3. The molecule has 0 aliphatic heterocycles. The van der Waals surface area contributed by atoms with Crippen LogP contribution in [0.2, 0.25) is 0 Å². The van der Waals surface area contributed by atoms with Crippen molar-refractivity contribution in [1.29, 1.82) is 0 Å². The van der Waals surface area contributed by atoms with E-state index in [-0.39, 0.29) is 10.9 Å². The van der Waals surface area contributed by atoms with Gasteiger partial charge in [-0.05, 0) is 26.7 Å². The summed E-state index contributed by atoms with van der Waals surface area (Å²) in [7, 11) is -3.63. The van der Waals surface area contributed by atoms with Gasteiger partial charge in [-0.3, -0.25) is 0 Å². The highest BCUT2D eigenvalue weighted by atomic mass is 32.2. The minimum Gasteiger partial charge on any atom is -0.375 e. The van der Waals surface area contributed by atoms with E-state index in [0.717, 1.165) is 17.0 Å². The van der Waals surface area contributed by atoms with Gasteiger partial charge in [0.15, 0.2) is 10.9 Å². The van der Waals surface area contributed by atoms with Crippen molar-refractivity contribution in [3.05, 3.63) is 22.0 Å². The van der Waals surface area contributed by atoms with Crippen LogP contribution < -0.4 is 10.5 Å². The minimum absolute atomic E-state index is 0.136. The zero-order chi connectivity index (χ0) is 15.2. The number of nitrogens with one attached hydrogen (secondary N) is 1. The fraction of sp³-hybridized carbons (Fsp3) is 0.500. The van der Waals surface area contributed by atoms with E-state index < -0.39 is 10.0 Å². The molecule has 114 valence electrons. The predicted molar refractivity (Wildman–Crippen MR) is 78.6 cm³/mol. The van der Waals surface area contributed by atoms with Gasteiger partial charge in [0.1, 0.15) is 10.6 Å². The zero-order valence-electron chi connectivity index (χ0n) is 11.7. The number of hydrogen-bond acceptors (Lipinski definition) is 7. The van der Waals surface area contributed by atoms with Gasteiger partial charge in [-0.2, -0.15) is 0 Å². The summed E-state index contributed by atoms with van der Waals surface area (Å²) < 4.78 is 32.6. The predicted octanol–water partition coefficient (Wildman–Crippen LogP) is 1.17. The number of thiazole rings is 1. The first-order valence-corrected chi connectivity index (χ1v) is 8.86. The molecular weight excluding hydrogens is 312 g/mol. The van der Waals surface area contributed by atoms with E-state index >= 15 is 0 Å². The topological polar surface area (TPSA) is 111 Å². The standard InChI is InChI=1S/C12H16N4O3S2/c1-6-11(7(2)19-15-6)21(17,18)16-8-3-4-9-10(5-8)20-12(13)14-9/h8,16H,3-5H2,1-2H3,(H2,13,14). The van der Waals surface area contributed by atoms with Crippen molar-refractivity contribution in [3.8, 4) is 0 Å². The molecule has 1 unspecified atom stereocenters. The van der Waals surface area contributed by atoms with Crippen molar-refractivity contribution in [2.24, 2.45) is 0 Å². The molecule has 3 rings (SSSR count). The van der Waals surface area contributed by atoms with Crippen molar-refractivity contribution in [1.82, 2.24) is 14.9 Å². The van der Waals surface area contributed by atoms with Crippen molar-refractivity contribution in [3.63, 3.8) is 0 Å². The molecule has 0 saturated heterocycles. The summed E-state index contributed by atoms with van der Waals surface area (Å²) in [6, 6.07) is -0.156. The number of hydrogen-bond donors (Lipinski definition) is 2. The molecule has 3 N–H and O–H groups in total. The molecule has 2 aromatic rings. The molecule has 0 bridgehead atoms. The van der Waals surface area contributed by atoms with Crippen molar-refractivity contribution >= 4 is 26.5 Å². The fourth-order valence-electron chi connectivity index (χ4n) is 2.63. The lowest BCUT2D eigenvalue weighted by molar-refractivity contribution is 0.390. The van der Waals surface area contributed by atoms with Crippen LogP contribution >= 0.6 is 11.3 Å². The highest BCUT2D eigenvalue weighted by molar-refractivity contribution is 7.89. The van der Waals surface area contributed by atoms with Crippen LogP contribution in [0.5, 0.6) is 0 Å². The Morgan fingerprint density at radius 1 is 1.43 bits per heavy atom. The Bertz CT molecular complexity index is 759. The molecule has 0 radical (unpaired) electrons. The molecule has 7 nitrogen and oxygen atoms in total. The summed E-state index contributed by atoms with van der Waals surface area (Å²) in [6.45, 7) is 3.21. The molecule has 0 spiro atoms. The molecule has 2 aromatic heterocycles. The van der Waals surface area contributed by atoms with Gasteiger partial charge in [-0.15, -0.1) is 11.3 Å². The number of fused-ring (bicyclic) bond motifs is 1. The molecule has 0 fully saturated rings. The highest BCUT2D eigenvalue weighted by Gasteiger charge is 2.30. The first-order chi connectivity index (χ1) is 9.87. The van der Waals surface area contributed by atoms with Gasteiger partial charge in [0.05, 0.1) is 5.69 Å². The second-order valence-electron chi connectivity index (χ2n) is 5.14. The summed E-state index contributed by atoms with van der Waals surface area (Å²) in [5, 5.41) is 4.23. The van der Waals surface area contributed by atoms with Crippen molar-refractivity contribution in [2.75, 3.05) is 5.73 Å². The molecule has 0 amide bonds. The van der Waals surface area contributed by atoms with E-state index in [2.05, 4.69) is 14.9 Å². The minimum atomic E-state index is -3.63. The third-order valence-corrected chi connectivity index (χ3v) is 6.23. The average molecular weight is 328 g/mol. The van der Waals surface area contributed by atoms with Crippen molar-refractivity contribution in [2.45, 2.75) is 44.0 Å². The third kappa shape index (κ3) is 2.68. The highest BCUT2D eigenvalue weighted by Crippen LogP contribution is 2.29. The van der Waals surface area contributed by atoms with E-state index in [1.807, 2.05) is 0 Å². The molecule has 2 heterocycles. The van der Waals surface area contributed by atoms with E-state index in [0.29, 0.717) is 29.4 Å². The molecule has 1 atom stereocenters. The largest absolute Gasteiger partial charge is 0.375 e. The Morgan fingerprint density at radius 3 is 2.86 bits per heavy atom. The van der Waals surface area contributed by atoms with Crippen LogP contribution in [0, 0.1) is 13.8 Å². The van der Waals surface area contributed by atoms with Gasteiger partial charge < -0.3 is 10.3 Å². The Balaban J connectivity index is 1.81. The second kappa shape index (κ2) is 5.08. The molecule has 1 aliphatic carbocycles. The van der Waals surface area contributed by atoms with Crippen LogP contribution in [-0.4, -0.2) is 24.6 Å². The van der Waals surface area contributed by atoms with E-state index in [1.165, 1.54) is 11.3 Å². The van der Waals surface area contributed by atoms with Crippen LogP contribution in [0.1, 0.15) is 28.4 Å². The van der Waals surface area contributed by atoms with Gasteiger partial charge in [-0.25, -0.2) is 18.1 Å². The Kier molecular flexibility index (Phi) is 3.50. The first-order valence-electron chi connectivity index (χ1n) is 6.56.